The SMILES string of the molecule is [CH2-]CCC.[Mg+2].c1ccc(S[CH-][Si](CN2CCCC2)(c2ccccc2)c2ccccc2)cc1. The van der Waals surface area contributed by atoms with Crippen molar-refractivity contribution in [1.82, 2.24) is 4.90 Å². The third-order valence-electron chi connectivity index (χ3n) is 5.74. The van der Waals surface area contributed by atoms with E-state index >= 15 is 0 Å². The Labute approximate surface area is 217 Å². The second-order valence-electron chi connectivity index (χ2n) is 8.09. The van der Waals surface area contributed by atoms with Crippen molar-refractivity contribution >= 4 is 53.3 Å². The fourth-order valence-electron chi connectivity index (χ4n) is 3.95. The fourth-order valence-corrected chi connectivity index (χ4v) is 10.3. The number of unbranched alkanes of at least 4 members (excludes halogenated alkanes) is 1. The van der Waals surface area contributed by atoms with Crippen LogP contribution < -0.4 is 10.4 Å². The van der Waals surface area contributed by atoms with E-state index in [2.05, 4.69) is 115 Å². The molecule has 3 aromatic carbocycles. The maximum atomic E-state index is 3.60. The summed E-state index contributed by atoms with van der Waals surface area (Å²) >= 11 is 1.91. The van der Waals surface area contributed by atoms with Gasteiger partial charge in [-0.3, -0.25) is 5.38 Å². The molecule has 0 radical (unpaired) electrons. The summed E-state index contributed by atoms with van der Waals surface area (Å²) in [6.45, 7) is 8.19. The molecule has 0 amide bonds. The van der Waals surface area contributed by atoms with E-state index in [1.165, 1.54) is 53.8 Å². The maximum Gasteiger partial charge on any atom is 2.00 e. The molecule has 1 heterocycles. The van der Waals surface area contributed by atoms with Gasteiger partial charge in [-0.2, -0.15) is 6.42 Å². The van der Waals surface area contributed by atoms with E-state index in [9.17, 15) is 0 Å². The molecule has 3 aromatic rings. The molecule has 164 valence electrons. The molecule has 0 unspecified atom stereocenters. The summed E-state index contributed by atoms with van der Waals surface area (Å²) in [6.07, 6.45) is 6.11. The molecular formula is C28H35MgNSSi. The Kier molecular flexibility index (Phi) is 12.7. The molecule has 0 saturated carbocycles. The van der Waals surface area contributed by atoms with E-state index in [1.54, 1.807) is 0 Å². The van der Waals surface area contributed by atoms with Crippen LogP contribution in [0.4, 0.5) is 0 Å². The monoisotopic (exact) mass is 469 g/mol. The van der Waals surface area contributed by atoms with Gasteiger partial charge in [-0.15, -0.1) is 0 Å². The second-order valence-corrected chi connectivity index (χ2v) is 13.2. The zero-order chi connectivity index (χ0) is 21.8. The van der Waals surface area contributed by atoms with Crippen molar-refractivity contribution in [3.05, 3.63) is 103 Å². The first kappa shape index (κ1) is 27.2. The van der Waals surface area contributed by atoms with Crippen LogP contribution in [0.5, 0.6) is 0 Å². The average molecular weight is 470 g/mol. The number of thioether (sulfide) groups is 1. The molecule has 0 spiro atoms. The summed E-state index contributed by atoms with van der Waals surface area (Å²) in [7, 11) is -2.03. The molecule has 0 aliphatic carbocycles. The van der Waals surface area contributed by atoms with Crippen LogP contribution >= 0.6 is 11.8 Å². The molecule has 0 aromatic heterocycles. The van der Waals surface area contributed by atoms with Gasteiger partial charge in [0.2, 0.25) is 0 Å². The summed E-state index contributed by atoms with van der Waals surface area (Å²) in [4.78, 5) is 4.01. The third-order valence-corrected chi connectivity index (χ3v) is 12.0. The summed E-state index contributed by atoms with van der Waals surface area (Å²) in [6, 6.07) is 33.2. The first-order valence-electron chi connectivity index (χ1n) is 11.5. The van der Waals surface area contributed by atoms with Gasteiger partial charge >= 0.3 is 23.1 Å². The first-order valence-corrected chi connectivity index (χ1v) is 14.6. The van der Waals surface area contributed by atoms with Gasteiger partial charge in [0, 0.05) is 8.07 Å². The number of likely N-dealkylation sites (tertiary alicyclic amines) is 1. The molecule has 4 rings (SSSR count). The number of rotatable bonds is 8. The van der Waals surface area contributed by atoms with Crippen molar-refractivity contribution < 1.29 is 0 Å². The van der Waals surface area contributed by atoms with Crippen molar-refractivity contribution in [1.29, 1.82) is 0 Å². The Morgan fingerprint density at radius 3 is 1.69 bits per heavy atom. The zero-order valence-electron chi connectivity index (χ0n) is 19.5. The van der Waals surface area contributed by atoms with E-state index in [0.29, 0.717) is 0 Å². The molecule has 0 bridgehead atoms. The minimum absolute atomic E-state index is 0. The van der Waals surface area contributed by atoms with Gasteiger partial charge in [-0.05, 0) is 37.0 Å². The number of nitrogens with zero attached hydrogens (tertiary/aromatic N) is 1. The van der Waals surface area contributed by atoms with Gasteiger partial charge in [0.15, 0.2) is 0 Å². The predicted octanol–water partition coefficient (Wildman–Crippen LogP) is 5.62. The molecule has 0 atom stereocenters. The molecule has 1 saturated heterocycles. The van der Waals surface area contributed by atoms with Gasteiger partial charge in [0.25, 0.3) is 0 Å². The minimum atomic E-state index is -2.03. The van der Waals surface area contributed by atoms with Crippen LogP contribution in [0, 0.1) is 12.3 Å². The van der Waals surface area contributed by atoms with E-state index < -0.39 is 8.07 Å². The molecule has 1 nitrogen and oxygen atoms in total. The quantitative estimate of drug-likeness (QED) is 0.239. The van der Waals surface area contributed by atoms with Crippen LogP contribution in [0.25, 0.3) is 0 Å². The van der Waals surface area contributed by atoms with Gasteiger partial charge in [-0.25, -0.2) is 0 Å². The van der Waals surface area contributed by atoms with E-state index in [1.807, 2.05) is 11.8 Å². The molecular weight excluding hydrogens is 435 g/mol. The molecule has 1 fully saturated rings. The maximum absolute atomic E-state index is 3.60. The summed E-state index contributed by atoms with van der Waals surface area (Å²) < 4.78 is 0. The minimum Gasteiger partial charge on any atom is -0.343 e. The molecule has 1 aliphatic heterocycles. The van der Waals surface area contributed by atoms with Crippen molar-refractivity contribution in [2.45, 2.75) is 37.5 Å². The molecule has 32 heavy (non-hydrogen) atoms. The first-order chi connectivity index (χ1) is 15.3. The number of benzene rings is 3. The Bertz CT molecular complexity index is 813. The fraction of sp³-hybridized carbons (Fsp3) is 0.286. The normalized spacial score (nSPS) is 13.7. The molecule has 4 heteroatoms. The van der Waals surface area contributed by atoms with Crippen molar-refractivity contribution in [2.24, 2.45) is 0 Å². The summed E-state index contributed by atoms with van der Waals surface area (Å²) in [5.41, 5.74) is 0. The standard InChI is InChI=1S/C24H26NSSi.C4H9.Mg/c1-4-12-22(13-5-1)26-21-27(20-25-18-10-11-19-25,23-14-6-2-7-15-23)24-16-8-3-9-17-24;1-3-4-2;/h1-9,12-17,21H,10-11,18-20H2;1,3-4H2,2H3;/q2*-1;+2. The second kappa shape index (κ2) is 15.0. The van der Waals surface area contributed by atoms with Gasteiger partial charge < -0.3 is 23.6 Å². The third kappa shape index (κ3) is 7.77. The van der Waals surface area contributed by atoms with Gasteiger partial charge in [-0.1, -0.05) is 115 Å². The van der Waals surface area contributed by atoms with E-state index in [-0.39, 0.29) is 23.1 Å². The van der Waals surface area contributed by atoms with E-state index in [4.69, 9.17) is 0 Å². The van der Waals surface area contributed by atoms with Crippen LogP contribution in [-0.4, -0.2) is 55.3 Å². The number of hydrogen-bond acceptors (Lipinski definition) is 2. The predicted molar refractivity (Wildman–Crippen MR) is 146 cm³/mol. The van der Waals surface area contributed by atoms with Crippen LogP contribution in [0.15, 0.2) is 95.9 Å². The molecule has 0 N–H and O–H groups in total. The van der Waals surface area contributed by atoms with Crippen LogP contribution in [0.3, 0.4) is 0 Å². The number of hydrogen-bond donors (Lipinski definition) is 0. The van der Waals surface area contributed by atoms with Crippen molar-refractivity contribution in [2.75, 3.05) is 19.3 Å². The van der Waals surface area contributed by atoms with Crippen LogP contribution in [-0.2, 0) is 0 Å². The average Bonchev–Trinajstić information content (AvgIpc) is 3.37. The Balaban J connectivity index is 0.000000672. The Morgan fingerprint density at radius 2 is 1.25 bits per heavy atom. The Morgan fingerprint density at radius 1 is 0.812 bits per heavy atom. The zero-order valence-corrected chi connectivity index (χ0v) is 22.7. The van der Waals surface area contributed by atoms with Crippen molar-refractivity contribution in [3.63, 3.8) is 0 Å². The van der Waals surface area contributed by atoms with Crippen LogP contribution in [0.1, 0.15) is 32.6 Å². The Hall–Kier alpha value is -1.05. The van der Waals surface area contributed by atoms with E-state index in [0.717, 1.165) is 6.42 Å². The smallest absolute Gasteiger partial charge is 0.343 e. The largest absolute Gasteiger partial charge is 2.00 e. The van der Waals surface area contributed by atoms with Crippen LogP contribution in [0.2, 0.25) is 0 Å². The molecule has 1 aliphatic rings. The topological polar surface area (TPSA) is 3.24 Å². The summed E-state index contributed by atoms with van der Waals surface area (Å²) in [5.74, 6) is 0. The van der Waals surface area contributed by atoms with Crippen molar-refractivity contribution in [3.8, 4) is 0 Å². The van der Waals surface area contributed by atoms with Gasteiger partial charge in [0.1, 0.15) is 0 Å². The summed E-state index contributed by atoms with van der Waals surface area (Å²) in [5, 5.41) is 5.61. The van der Waals surface area contributed by atoms with Gasteiger partial charge in [0.05, 0.1) is 0 Å².